The van der Waals surface area contributed by atoms with Crippen LogP contribution in [0.15, 0.2) is 47.4 Å². The monoisotopic (exact) mass is 440 g/mol. The summed E-state index contributed by atoms with van der Waals surface area (Å²) in [6, 6.07) is 12.7. The fourth-order valence-corrected chi connectivity index (χ4v) is 4.27. The molecule has 7 heteroatoms. The summed E-state index contributed by atoms with van der Waals surface area (Å²) in [4.78, 5) is 41.4. The maximum Gasteiger partial charge on any atom is 0.335 e. The number of benzene rings is 2. The maximum absolute atomic E-state index is 13.0. The number of thioether (sulfide) groups is 1. The highest BCUT2D eigenvalue weighted by Gasteiger charge is 2.32. The number of anilines is 2. The van der Waals surface area contributed by atoms with Gasteiger partial charge >= 0.3 is 5.97 Å². The number of hydrogen-bond acceptors (Lipinski definition) is 4. The zero-order valence-corrected chi connectivity index (χ0v) is 18.9. The van der Waals surface area contributed by atoms with Crippen LogP contribution in [0, 0.1) is 0 Å². The van der Waals surface area contributed by atoms with Gasteiger partial charge in [0.2, 0.25) is 11.8 Å². The molecule has 0 aliphatic carbocycles. The Kier molecular flexibility index (Phi) is 7.38. The lowest BCUT2D eigenvalue weighted by molar-refractivity contribution is -0.121. The zero-order chi connectivity index (χ0) is 22.5. The SMILES string of the molecule is CCCCN1C(=O)CN(C(=O)CSc2ccc(C(C)C)cc2)c2cc(C(=O)O)ccc21. The molecule has 0 saturated carbocycles. The van der Waals surface area contributed by atoms with E-state index < -0.39 is 5.97 Å². The summed E-state index contributed by atoms with van der Waals surface area (Å²) >= 11 is 1.41. The molecule has 2 aromatic carbocycles. The normalized spacial score (nSPS) is 13.5. The van der Waals surface area contributed by atoms with Crippen LogP contribution in [0.1, 0.15) is 55.5 Å². The minimum atomic E-state index is -1.06. The van der Waals surface area contributed by atoms with Gasteiger partial charge < -0.3 is 14.9 Å². The lowest BCUT2D eigenvalue weighted by Gasteiger charge is -2.36. The first-order chi connectivity index (χ1) is 14.8. The van der Waals surface area contributed by atoms with E-state index in [1.165, 1.54) is 34.4 Å². The summed E-state index contributed by atoms with van der Waals surface area (Å²) in [7, 11) is 0. The molecule has 1 N–H and O–H groups in total. The Labute approximate surface area is 187 Å². The van der Waals surface area contributed by atoms with E-state index in [4.69, 9.17) is 0 Å². The van der Waals surface area contributed by atoms with Crippen molar-refractivity contribution >= 4 is 40.9 Å². The third-order valence-corrected chi connectivity index (χ3v) is 6.34. The Morgan fingerprint density at radius 2 is 1.81 bits per heavy atom. The predicted octanol–water partition coefficient (Wildman–Crippen LogP) is 4.78. The minimum absolute atomic E-state index is 0.0779. The molecule has 1 aliphatic rings. The van der Waals surface area contributed by atoms with Crippen molar-refractivity contribution in [1.29, 1.82) is 0 Å². The second-order valence-corrected chi connectivity index (χ2v) is 8.95. The van der Waals surface area contributed by atoms with Crippen molar-refractivity contribution < 1.29 is 19.5 Å². The lowest BCUT2D eigenvalue weighted by Crippen LogP contribution is -2.49. The number of carbonyl (C=O) groups is 3. The molecule has 1 aliphatic heterocycles. The van der Waals surface area contributed by atoms with Gasteiger partial charge in [0.25, 0.3) is 0 Å². The van der Waals surface area contributed by atoms with E-state index in [2.05, 4.69) is 26.0 Å². The molecule has 0 spiro atoms. The average Bonchev–Trinajstić information content (AvgIpc) is 2.76. The standard InChI is InChI=1S/C24H28N2O4S/c1-4-5-12-25-20-11-8-18(24(29)30)13-21(20)26(14-22(25)27)23(28)15-31-19-9-6-17(7-10-19)16(2)3/h6-11,13,16H,4-5,12,14-15H2,1-3H3,(H,29,30). The van der Waals surface area contributed by atoms with Crippen LogP contribution in [0.25, 0.3) is 0 Å². The molecule has 0 atom stereocenters. The van der Waals surface area contributed by atoms with Crippen molar-refractivity contribution in [2.45, 2.75) is 44.4 Å². The summed E-state index contributed by atoms with van der Waals surface area (Å²) in [6.45, 7) is 6.78. The van der Waals surface area contributed by atoms with Crippen molar-refractivity contribution in [2.75, 3.05) is 28.6 Å². The number of amides is 2. The molecule has 2 aromatic rings. The average molecular weight is 441 g/mol. The summed E-state index contributed by atoms with van der Waals surface area (Å²) in [5.74, 6) is -0.823. The number of carbonyl (C=O) groups excluding carboxylic acids is 2. The van der Waals surface area contributed by atoms with Gasteiger partial charge in [-0.2, -0.15) is 0 Å². The number of nitrogens with zero attached hydrogens (tertiary/aromatic N) is 2. The third kappa shape index (κ3) is 5.28. The van der Waals surface area contributed by atoms with Gasteiger partial charge in [-0.1, -0.05) is 39.3 Å². The Balaban J connectivity index is 1.82. The van der Waals surface area contributed by atoms with Crippen molar-refractivity contribution in [3.8, 4) is 0 Å². The summed E-state index contributed by atoms with van der Waals surface area (Å²) in [6.07, 6.45) is 1.77. The zero-order valence-electron chi connectivity index (χ0n) is 18.1. The highest BCUT2D eigenvalue weighted by molar-refractivity contribution is 8.00. The second-order valence-electron chi connectivity index (χ2n) is 7.90. The van der Waals surface area contributed by atoms with Gasteiger partial charge in [0, 0.05) is 11.4 Å². The van der Waals surface area contributed by atoms with E-state index in [1.807, 2.05) is 19.1 Å². The van der Waals surface area contributed by atoms with Gasteiger partial charge in [0.05, 0.1) is 22.7 Å². The molecule has 6 nitrogen and oxygen atoms in total. The third-order valence-electron chi connectivity index (χ3n) is 5.34. The van der Waals surface area contributed by atoms with E-state index in [0.29, 0.717) is 23.8 Å². The number of fused-ring (bicyclic) bond motifs is 1. The summed E-state index contributed by atoms with van der Waals surface area (Å²) in [5, 5.41) is 9.40. The Morgan fingerprint density at radius 1 is 1.10 bits per heavy atom. The van der Waals surface area contributed by atoms with E-state index in [1.54, 1.807) is 11.0 Å². The first-order valence-electron chi connectivity index (χ1n) is 10.5. The van der Waals surface area contributed by atoms with Crippen molar-refractivity contribution in [1.82, 2.24) is 0 Å². The molecule has 31 heavy (non-hydrogen) atoms. The highest BCUT2D eigenvalue weighted by Crippen LogP contribution is 2.35. The smallest absolute Gasteiger partial charge is 0.335 e. The van der Waals surface area contributed by atoms with E-state index in [0.717, 1.165) is 17.7 Å². The van der Waals surface area contributed by atoms with Gasteiger partial charge in [0.1, 0.15) is 6.54 Å². The number of aromatic carboxylic acids is 1. The van der Waals surface area contributed by atoms with Crippen LogP contribution in [0.4, 0.5) is 11.4 Å². The van der Waals surface area contributed by atoms with E-state index in [-0.39, 0.29) is 29.7 Å². The van der Waals surface area contributed by atoms with Gasteiger partial charge in [-0.3, -0.25) is 9.59 Å². The number of carboxylic acid groups (broad SMARTS) is 1. The quantitative estimate of drug-likeness (QED) is 0.598. The molecule has 3 rings (SSSR count). The topological polar surface area (TPSA) is 77.9 Å². The van der Waals surface area contributed by atoms with Crippen LogP contribution in [0.3, 0.4) is 0 Å². The van der Waals surface area contributed by atoms with Crippen LogP contribution < -0.4 is 9.80 Å². The Hall–Kier alpha value is -2.80. The first-order valence-corrected chi connectivity index (χ1v) is 11.5. The van der Waals surface area contributed by atoms with Crippen LogP contribution in [-0.2, 0) is 9.59 Å². The summed E-state index contributed by atoms with van der Waals surface area (Å²) in [5.41, 5.74) is 2.41. The molecule has 1 heterocycles. The molecule has 2 amide bonds. The largest absolute Gasteiger partial charge is 0.478 e. The Morgan fingerprint density at radius 3 is 2.42 bits per heavy atom. The van der Waals surface area contributed by atoms with E-state index in [9.17, 15) is 19.5 Å². The molecular formula is C24H28N2O4S. The second kappa shape index (κ2) is 10.0. The van der Waals surface area contributed by atoms with Gasteiger partial charge in [0.15, 0.2) is 0 Å². The first kappa shape index (κ1) is 22.9. The van der Waals surface area contributed by atoms with Gasteiger partial charge in [-0.15, -0.1) is 11.8 Å². The Bertz CT molecular complexity index is 972. The fraction of sp³-hybridized carbons (Fsp3) is 0.375. The molecule has 0 radical (unpaired) electrons. The summed E-state index contributed by atoms with van der Waals surface area (Å²) < 4.78 is 0. The number of hydrogen-bond donors (Lipinski definition) is 1. The molecule has 0 fully saturated rings. The highest BCUT2D eigenvalue weighted by atomic mass is 32.2. The van der Waals surface area contributed by atoms with Gasteiger partial charge in [-0.05, 0) is 48.2 Å². The minimum Gasteiger partial charge on any atom is -0.478 e. The molecule has 0 unspecified atom stereocenters. The van der Waals surface area contributed by atoms with Crippen LogP contribution in [0.5, 0.6) is 0 Å². The molecule has 0 bridgehead atoms. The lowest BCUT2D eigenvalue weighted by atomic mass is 10.0. The number of rotatable bonds is 8. The van der Waals surface area contributed by atoms with E-state index >= 15 is 0 Å². The fourth-order valence-electron chi connectivity index (χ4n) is 3.50. The maximum atomic E-state index is 13.0. The molecular weight excluding hydrogens is 412 g/mol. The molecule has 0 aromatic heterocycles. The van der Waals surface area contributed by atoms with Crippen LogP contribution in [-0.4, -0.2) is 41.7 Å². The van der Waals surface area contributed by atoms with Gasteiger partial charge in [-0.25, -0.2) is 4.79 Å². The van der Waals surface area contributed by atoms with Crippen molar-refractivity contribution in [3.63, 3.8) is 0 Å². The van der Waals surface area contributed by atoms with Crippen molar-refractivity contribution in [2.24, 2.45) is 0 Å². The predicted molar refractivity (Wildman–Crippen MR) is 124 cm³/mol. The number of carboxylic acids is 1. The molecule has 164 valence electrons. The van der Waals surface area contributed by atoms with Crippen LogP contribution >= 0.6 is 11.8 Å². The van der Waals surface area contributed by atoms with Crippen LogP contribution in [0.2, 0.25) is 0 Å². The van der Waals surface area contributed by atoms with Crippen molar-refractivity contribution in [3.05, 3.63) is 53.6 Å². The number of unbranched alkanes of at least 4 members (excludes halogenated alkanes) is 1. The molecule has 0 saturated heterocycles.